The molecule has 0 atom stereocenters. The lowest BCUT2D eigenvalue weighted by Crippen LogP contribution is -2.12. The lowest BCUT2D eigenvalue weighted by atomic mass is 10.0. The van der Waals surface area contributed by atoms with Gasteiger partial charge in [-0.2, -0.15) is 0 Å². The van der Waals surface area contributed by atoms with Crippen LogP contribution in [-0.2, 0) is 0 Å². The Kier molecular flexibility index (Phi) is 4.76. The summed E-state index contributed by atoms with van der Waals surface area (Å²) < 4.78 is 0. The highest BCUT2D eigenvalue weighted by Gasteiger charge is 2.15. The molecule has 0 aliphatic rings. The summed E-state index contributed by atoms with van der Waals surface area (Å²) in [6.45, 7) is 4.33. The van der Waals surface area contributed by atoms with E-state index in [1.54, 1.807) is 0 Å². The van der Waals surface area contributed by atoms with Crippen molar-refractivity contribution in [2.45, 2.75) is 13.8 Å². The minimum Gasteiger partial charge on any atom is -0.310 e. The van der Waals surface area contributed by atoms with Gasteiger partial charge in [0.1, 0.15) is 0 Å². The molecule has 132 valence electrons. The highest BCUT2D eigenvalue weighted by atomic mass is 15.1. The zero-order valence-electron chi connectivity index (χ0n) is 15.8. The molecule has 27 heavy (non-hydrogen) atoms. The SMILES string of the molecule is Cc1ccccc1N(c1ccc(-c2ccccc2)cc1)c1ccccc1C. The van der Waals surface area contributed by atoms with E-state index in [1.165, 1.54) is 39.3 Å². The van der Waals surface area contributed by atoms with E-state index in [0.29, 0.717) is 0 Å². The monoisotopic (exact) mass is 349 g/mol. The second-order valence-electron chi connectivity index (χ2n) is 6.82. The van der Waals surface area contributed by atoms with Gasteiger partial charge in [-0.25, -0.2) is 0 Å². The van der Waals surface area contributed by atoms with E-state index in [9.17, 15) is 0 Å². The van der Waals surface area contributed by atoms with E-state index in [2.05, 4.69) is 122 Å². The fourth-order valence-corrected chi connectivity index (χ4v) is 3.47. The van der Waals surface area contributed by atoms with Crippen LogP contribution < -0.4 is 4.90 Å². The van der Waals surface area contributed by atoms with Gasteiger partial charge in [0, 0.05) is 17.1 Å². The Morgan fingerprint density at radius 1 is 0.444 bits per heavy atom. The molecule has 0 saturated carbocycles. The Labute approximate surface area is 161 Å². The summed E-state index contributed by atoms with van der Waals surface area (Å²) in [6, 6.07) is 36.4. The number of nitrogens with zero attached hydrogens (tertiary/aromatic N) is 1. The third kappa shape index (κ3) is 3.50. The molecule has 0 amide bonds. The summed E-state index contributed by atoms with van der Waals surface area (Å²) in [4.78, 5) is 2.35. The summed E-state index contributed by atoms with van der Waals surface area (Å²) >= 11 is 0. The van der Waals surface area contributed by atoms with Gasteiger partial charge in [0.15, 0.2) is 0 Å². The molecule has 4 aromatic carbocycles. The predicted molar refractivity (Wildman–Crippen MR) is 116 cm³/mol. The third-order valence-corrected chi connectivity index (χ3v) is 4.95. The van der Waals surface area contributed by atoms with E-state index in [1.807, 2.05) is 0 Å². The molecule has 0 unspecified atom stereocenters. The molecule has 0 saturated heterocycles. The maximum absolute atomic E-state index is 2.35. The van der Waals surface area contributed by atoms with Gasteiger partial charge in [-0.15, -0.1) is 0 Å². The molecule has 1 heteroatoms. The summed E-state index contributed by atoms with van der Waals surface area (Å²) in [7, 11) is 0. The molecule has 0 bridgehead atoms. The zero-order chi connectivity index (χ0) is 18.6. The molecule has 4 aromatic rings. The molecule has 0 fully saturated rings. The Hall–Kier alpha value is -3.32. The van der Waals surface area contributed by atoms with Crippen LogP contribution in [0.15, 0.2) is 103 Å². The highest BCUT2D eigenvalue weighted by Crippen LogP contribution is 2.38. The molecule has 0 aromatic heterocycles. The van der Waals surface area contributed by atoms with Crippen molar-refractivity contribution in [2.24, 2.45) is 0 Å². The molecule has 1 nitrogen and oxygen atoms in total. The fraction of sp³-hybridized carbons (Fsp3) is 0.0769. The van der Waals surface area contributed by atoms with Crippen LogP contribution in [0.5, 0.6) is 0 Å². The minimum atomic E-state index is 1.17. The van der Waals surface area contributed by atoms with E-state index < -0.39 is 0 Å². The smallest absolute Gasteiger partial charge is 0.0490 e. The Morgan fingerprint density at radius 2 is 0.889 bits per heavy atom. The van der Waals surface area contributed by atoms with Crippen LogP contribution >= 0.6 is 0 Å². The molecule has 0 aliphatic carbocycles. The third-order valence-electron chi connectivity index (χ3n) is 4.95. The second-order valence-corrected chi connectivity index (χ2v) is 6.82. The molecule has 4 rings (SSSR count). The van der Waals surface area contributed by atoms with Gasteiger partial charge in [0.25, 0.3) is 0 Å². The molecule has 0 aliphatic heterocycles. The van der Waals surface area contributed by atoms with Gasteiger partial charge in [-0.1, -0.05) is 78.9 Å². The Bertz CT molecular complexity index is 988. The quantitative estimate of drug-likeness (QED) is 0.370. The predicted octanol–water partition coefficient (Wildman–Crippen LogP) is 7.44. The standard InChI is InChI=1S/C26H23N/c1-20-10-6-8-14-25(20)27(26-15-9-7-11-21(26)2)24-18-16-23(17-19-24)22-12-4-3-5-13-22/h3-19H,1-2H3. The maximum Gasteiger partial charge on any atom is 0.0490 e. The van der Waals surface area contributed by atoms with Crippen molar-refractivity contribution in [3.63, 3.8) is 0 Å². The average molecular weight is 349 g/mol. The summed E-state index contributed by atoms with van der Waals surface area (Å²) in [5.74, 6) is 0. The first-order valence-electron chi connectivity index (χ1n) is 9.31. The van der Waals surface area contributed by atoms with Gasteiger partial charge in [-0.05, 0) is 60.4 Å². The van der Waals surface area contributed by atoms with Crippen molar-refractivity contribution in [1.82, 2.24) is 0 Å². The zero-order valence-corrected chi connectivity index (χ0v) is 15.8. The van der Waals surface area contributed by atoms with Crippen molar-refractivity contribution in [3.05, 3.63) is 114 Å². The van der Waals surface area contributed by atoms with E-state index in [4.69, 9.17) is 0 Å². The first-order chi connectivity index (χ1) is 13.2. The fourth-order valence-electron chi connectivity index (χ4n) is 3.47. The topological polar surface area (TPSA) is 3.24 Å². The molecular formula is C26H23N. The van der Waals surface area contributed by atoms with Gasteiger partial charge in [0.05, 0.1) is 0 Å². The molecule has 0 spiro atoms. The first-order valence-corrected chi connectivity index (χ1v) is 9.31. The highest BCUT2D eigenvalue weighted by molar-refractivity contribution is 5.81. The summed E-state index contributed by atoms with van der Waals surface area (Å²) in [6.07, 6.45) is 0. The van der Waals surface area contributed by atoms with Crippen LogP contribution in [-0.4, -0.2) is 0 Å². The number of aryl methyl sites for hydroxylation is 2. The van der Waals surface area contributed by atoms with E-state index >= 15 is 0 Å². The minimum absolute atomic E-state index is 1.17. The van der Waals surface area contributed by atoms with Crippen LogP contribution in [0, 0.1) is 13.8 Å². The van der Waals surface area contributed by atoms with Gasteiger partial charge in [-0.3, -0.25) is 0 Å². The molecule has 0 heterocycles. The van der Waals surface area contributed by atoms with Gasteiger partial charge < -0.3 is 4.90 Å². The number of benzene rings is 4. The normalized spacial score (nSPS) is 10.6. The van der Waals surface area contributed by atoms with Crippen molar-refractivity contribution in [2.75, 3.05) is 4.90 Å². The van der Waals surface area contributed by atoms with Crippen molar-refractivity contribution >= 4 is 17.1 Å². The summed E-state index contributed by atoms with van der Waals surface area (Å²) in [5.41, 5.74) is 8.56. The van der Waals surface area contributed by atoms with Gasteiger partial charge >= 0.3 is 0 Å². The Balaban J connectivity index is 1.82. The number of hydrogen-bond acceptors (Lipinski definition) is 1. The molecular weight excluding hydrogens is 326 g/mol. The van der Waals surface area contributed by atoms with Crippen molar-refractivity contribution in [1.29, 1.82) is 0 Å². The van der Waals surface area contributed by atoms with E-state index in [-0.39, 0.29) is 0 Å². The molecule has 0 N–H and O–H groups in total. The van der Waals surface area contributed by atoms with Gasteiger partial charge in [0.2, 0.25) is 0 Å². The van der Waals surface area contributed by atoms with Crippen molar-refractivity contribution < 1.29 is 0 Å². The van der Waals surface area contributed by atoms with Crippen LogP contribution in [0.4, 0.5) is 17.1 Å². The average Bonchev–Trinajstić information content (AvgIpc) is 2.72. The Morgan fingerprint density at radius 3 is 1.41 bits per heavy atom. The number of hydrogen-bond donors (Lipinski definition) is 0. The number of anilines is 3. The lowest BCUT2D eigenvalue weighted by molar-refractivity contribution is 1.23. The first kappa shape index (κ1) is 17.1. The number of para-hydroxylation sites is 2. The van der Waals surface area contributed by atoms with Crippen LogP contribution in [0.1, 0.15) is 11.1 Å². The summed E-state index contributed by atoms with van der Waals surface area (Å²) in [5, 5.41) is 0. The maximum atomic E-state index is 2.35. The van der Waals surface area contributed by atoms with Crippen LogP contribution in [0.2, 0.25) is 0 Å². The van der Waals surface area contributed by atoms with Crippen LogP contribution in [0.25, 0.3) is 11.1 Å². The van der Waals surface area contributed by atoms with E-state index in [0.717, 1.165) is 0 Å². The number of rotatable bonds is 4. The lowest BCUT2D eigenvalue weighted by Gasteiger charge is -2.28. The van der Waals surface area contributed by atoms with Crippen molar-refractivity contribution in [3.8, 4) is 11.1 Å². The van der Waals surface area contributed by atoms with Crippen LogP contribution in [0.3, 0.4) is 0 Å². The second kappa shape index (κ2) is 7.51. The largest absolute Gasteiger partial charge is 0.310 e. The molecule has 0 radical (unpaired) electrons.